The zero-order chi connectivity index (χ0) is 12.9. The Balaban J connectivity index is 2.20. The van der Waals surface area contributed by atoms with E-state index < -0.39 is 11.4 Å². The van der Waals surface area contributed by atoms with Crippen molar-refractivity contribution in [3.63, 3.8) is 0 Å². The first-order chi connectivity index (χ1) is 8.04. The summed E-state index contributed by atoms with van der Waals surface area (Å²) in [6.45, 7) is 5.07. The molecule has 0 spiro atoms. The van der Waals surface area contributed by atoms with Crippen molar-refractivity contribution in [1.82, 2.24) is 10.6 Å². The Morgan fingerprint density at radius 2 is 1.82 bits per heavy atom. The van der Waals surface area contributed by atoms with Crippen molar-refractivity contribution in [3.05, 3.63) is 0 Å². The second-order valence-corrected chi connectivity index (χ2v) is 4.83. The van der Waals surface area contributed by atoms with Crippen LogP contribution >= 0.6 is 0 Å². The van der Waals surface area contributed by atoms with Crippen molar-refractivity contribution in [1.29, 1.82) is 0 Å². The van der Waals surface area contributed by atoms with Crippen LogP contribution in [0.5, 0.6) is 0 Å². The summed E-state index contributed by atoms with van der Waals surface area (Å²) in [6.07, 6.45) is 3.40. The second-order valence-electron chi connectivity index (χ2n) is 4.83. The number of amides is 2. The van der Waals surface area contributed by atoms with E-state index in [2.05, 4.69) is 24.5 Å². The number of carboxylic acids is 1. The maximum atomic E-state index is 11.5. The van der Waals surface area contributed by atoms with Crippen LogP contribution in [0, 0.1) is 11.3 Å². The minimum atomic E-state index is -0.808. The molecule has 98 valence electrons. The summed E-state index contributed by atoms with van der Waals surface area (Å²) in [5, 5.41) is 14.4. The molecule has 0 heterocycles. The molecule has 3 N–H and O–H groups in total. The summed E-state index contributed by atoms with van der Waals surface area (Å²) in [4.78, 5) is 22.3. The number of carboxylic acid groups (broad SMARTS) is 1. The average molecular weight is 242 g/mol. The summed E-state index contributed by atoms with van der Waals surface area (Å²) in [5.41, 5.74) is -0.688. The Hall–Kier alpha value is -1.26. The van der Waals surface area contributed by atoms with Gasteiger partial charge in [0.1, 0.15) is 0 Å². The van der Waals surface area contributed by atoms with Gasteiger partial charge >= 0.3 is 12.0 Å². The highest BCUT2D eigenvalue weighted by Crippen LogP contribution is 2.45. The first-order valence-corrected chi connectivity index (χ1v) is 6.29. The van der Waals surface area contributed by atoms with Gasteiger partial charge in [-0.15, -0.1) is 0 Å². The summed E-state index contributed by atoms with van der Waals surface area (Å²) >= 11 is 0. The van der Waals surface area contributed by atoms with Gasteiger partial charge in [-0.05, 0) is 18.8 Å². The van der Waals surface area contributed by atoms with E-state index in [1.165, 1.54) is 0 Å². The van der Waals surface area contributed by atoms with Gasteiger partial charge in [-0.25, -0.2) is 4.79 Å². The number of rotatable bonds is 7. The minimum absolute atomic E-state index is 0.233. The van der Waals surface area contributed by atoms with Gasteiger partial charge in [-0.3, -0.25) is 4.79 Å². The van der Waals surface area contributed by atoms with Crippen LogP contribution in [0.25, 0.3) is 0 Å². The van der Waals surface area contributed by atoms with Crippen molar-refractivity contribution in [2.75, 3.05) is 13.1 Å². The number of carbonyl (C=O) groups excluding carboxylic acids is 1. The van der Waals surface area contributed by atoms with Gasteiger partial charge in [0, 0.05) is 13.1 Å². The molecule has 0 atom stereocenters. The lowest BCUT2D eigenvalue weighted by atomic mass is 10.0. The highest BCUT2D eigenvalue weighted by molar-refractivity contribution is 5.80. The van der Waals surface area contributed by atoms with E-state index in [1.807, 2.05) is 0 Å². The van der Waals surface area contributed by atoms with Gasteiger partial charge < -0.3 is 15.7 Å². The Bertz CT molecular complexity index is 283. The molecular weight excluding hydrogens is 220 g/mol. The van der Waals surface area contributed by atoms with E-state index in [1.54, 1.807) is 0 Å². The average Bonchev–Trinajstić information content (AvgIpc) is 3.09. The predicted molar refractivity (Wildman–Crippen MR) is 64.8 cm³/mol. The number of hydrogen-bond donors (Lipinski definition) is 3. The zero-order valence-electron chi connectivity index (χ0n) is 10.6. The van der Waals surface area contributed by atoms with E-state index in [9.17, 15) is 9.59 Å². The second kappa shape index (κ2) is 5.89. The molecule has 0 aromatic carbocycles. The van der Waals surface area contributed by atoms with Gasteiger partial charge in [0.2, 0.25) is 0 Å². The van der Waals surface area contributed by atoms with Crippen LogP contribution in [0.2, 0.25) is 0 Å². The lowest BCUT2D eigenvalue weighted by molar-refractivity contribution is -0.143. The zero-order valence-corrected chi connectivity index (χ0v) is 10.6. The molecule has 5 nitrogen and oxygen atoms in total. The highest BCUT2D eigenvalue weighted by atomic mass is 16.4. The van der Waals surface area contributed by atoms with Crippen molar-refractivity contribution in [3.8, 4) is 0 Å². The fourth-order valence-corrected chi connectivity index (χ4v) is 1.74. The van der Waals surface area contributed by atoms with Crippen LogP contribution in [-0.2, 0) is 4.79 Å². The molecule has 0 aromatic heterocycles. The van der Waals surface area contributed by atoms with Crippen LogP contribution in [0.1, 0.15) is 39.5 Å². The Kier molecular flexibility index (Phi) is 4.78. The van der Waals surface area contributed by atoms with E-state index in [0.29, 0.717) is 25.3 Å². The lowest BCUT2D eigenvalue weighted by Gasteiger charge is -2.15. The van der Waals surface area contributed by atoms with Gasteiger partial charge in [0.15, 0.2) is 0 Å². The minimum Gasteiger partial charge on any atom is -0.481 e. The van der Waals surface area contributed by atoms with E-state index in [4.69, 9.17) is 5.11 Å². The topological polar surface area (TPSA) is 78.4 Å². The third kappa shape index (κ3) is 3.91. The monoisotopic (exact) mass is 242 g/mol. The molecule has 2 amide bonds. The Labute approximate surface area is 102 Å². The van der Waals surface area contributed by atoms with E-state index in [-0.39, 0.29) is 12.6 Å². The van der Waals surface area contributed by atoms with Crippen LogP contribution in [-0.4, -0.2) is 30.2 Å². The number of hydrogen-bond acceptors (Lipinski definition) is 2. The molecule has 1 aliphatic rings. The largest absolute Gasteiger partial charge is 0.481 e. The molecule has 0 radical (unpaired) electrons. The Morgan fingerprint density at radius 1 is 1.24 bits per heavy atom. The Morgan fingerprint density at radius 3 is 2.24 bits per heavy atom. The van der Waals surface area contributed by atoms with Crippen molar-refractivity contribution in [2.45, 2.75) is 39.5 Å². The molecule has 1 saturated carbocycles. The van der Waals surface area contributed by atoms with Gasteiger partial charge in [-0.2, -0.15) is 0 Å². The number of aliphatic carboxylic acids is 1. The molecule has 0 bridgehead atoms. The SMILES string of the molecule is CCC(CC)CNC(=O)NCC1(C(=O)O)CC1. The van der Waals surface area contributed by atoms with Crippen molar-refractivity contribution >= 4 is 12.0 Å². The van der Waals surface area contributed by atoms with Crippen molar-refractivity contribution in [2.24, 2.45) is 11.3 Å². The first-order valence-electron chi connectivity index (χ1n) is 6.29. The quantitative estimate of drug-likeness (QED) is 0.634. The lowest BCUT2D eigenvalue weighted by Crippen LogP contribution is -2.42. The fourth-order valence-electron chi connectivity index (χ4n) is 1.74. The molecule has 0 aromatic rings. The number of nitrogens with one attached hydrogen (secondary N) is 2. The van der Waals surface area contributed by atoms with Crippen LogP contribution < -0.4 is 10.6 Å². The molecule has 1 aliphatic carbocycles. The summed E-state index contributed by atoms with van der Waals surface area (Å²) in [6, 6.07) is -0.260. The molecule has 1 fully saturated rings. The van der Waals surface area contributed by atoms with Gasteiger partial charge in [0.05, 0.1) is 5.41 Å². The van der Waals surface area contributed by atoms with Gasteiger partial charge in [0.25, 0.3) is 0 Å². The normalized spacial score (nSPS) is 16.6. The maximum absolute atomic E-state index is 11.5. The standard InChI is InChI=1S/C12H22N2O3/c1-3-9(4-2)7-13-11(17)14-8-12(5-6-12)10(15)16/h9H,3-8H2,1-2H3,(H,15,16)(H2,13,14,17). The summed E-state index contributed by atoms with van der Waals surface area (Å²) in [5.74, 6) is -0.312. The van der Waals surface area contributed by atoms with Crippen molar-refractivity contribution < 1.29 is 14.7 Å². The summed E-state index contributed by atoms with van der Waals surface area (Å²) < 4.78 is 0. The molecule has 5 heteroatoms. The van der Waals surface area contributed by atoms with Crippen LogP contribution in [0.4, 0.5) is 4.79 Å². The van der Waals surface area contributed by atoms with E-state index in [0.717, 1.165) is 12.8 Å². The van der Waals surface area contributed by atoms with Crippen LogP contribution in [0.15, 0.2) is 0 Å². The molecule has 1 rings (SSSR count). The molecule has 0 aliphatic heterocycles. The first kappa shape index (κ1) is 13.8. The predicted octanol–water partition coefficient (Wildman–Crippen LogP) is 1.59. The maximum Gasteiger partial charge on any atom is 0.314 e. The highest BCUT2D eigenvalue weighted by Gasteiger charge is 2.50. The third-order valence-electron chi connectivity index (χ3n) is 3.60. The number of carbonyl (C=O) groups is 2. The molecular formula is C12H22N2O3. The molecule has 0 unspecified atom stereocenters. The smallest absolute Gasteiger partial charge is 0.314 e. The third-order valence-corrected chi connectivity index (χ3v) is 3.60. The van der Waals surface area contributed by atoms with E-state index >= 15 is 0 Å². The van der Waals surface area contributed by atoms with Crippen LogP contribution in [0.3, 0.4) is 0 Å². The molecule has 0 saturated heterocycles. The summed E-state index contributed by atoms with van der Waals surface area (Å²) in [7, 11) is 0. The molecule has 17 heavy (non-hydrogen) atoms. The fraction of sp³-hybridized carbons (Fsp3) is 0.833. The number of urea groups is 1. The van der Waals surface area contributed by atoms with Gasteiger partial charge in [-0.1, -0.05) is 26.7 Å².